The van der Waals surface area contributed by atoms with Crippen LogP contribution < -0.4 is 10.0 Å². The second-order valence-corrected chi connectivity index (χ2v) is 10.7. The van der Waals surface area contributed by atoms with Crippen molar-refractivity contribution in [1.82, 2.24) is 9.62 Å². The van der Waals surface area contributed by atoms with Crippen LogP contribution in [0.2, 0.25) is 0 Å². The molecule has 1 aliphatic heterocycles. The van der Waals surface area contributed by atoms with Gasteiger partial charge < -0.3 is 15.0 Å². The van der Waals surface area contributed by atoms with Crippen LogP contribution in [0.1, 0.15) is 36.2 Å². The summed E-state index contributed by atoms with van der Waals surface area (Å²) in [6.45, 7) is 6.69. The van der Waals surface area contributed by atoms with Gasteiger partial charge in [0.1, 0.15) is 0 Å². The molecule has 36 heavy (non-hydrogen) atoms. The highest BCUT2D eigenvalue weighted by atomic mass is 32.2. The maximum Gasteiger partial charge on any atom is 0.409 e. The number of benzene rings is 3. The molecule has 0 aliphatic carbocycles. The molecule has 2 N–H and O–H groups in total. The van der Waals surface area contributed by atoms with Crippen LogP contribution in [0.3, 0.4) is 0 Å². The molecule has 8 nitrogen and oxygen atoms in total. The van der Waals surface area contributed by atoms with E-state index in [2.05, 4.69) is 10.0 Å². The molecule has 2 amide bonds. The number of rotatable bonds is 6. The van der Waals surface area contributed by atoms with E-state index in [1.165, 1.54) is 0 Å². The third-order valence-corrected chi connectivity index (χ3v) is 8.10. The lowest BCUT2D eigenvalue weighted by Gasteiger charge is -2.36. The highest BCUT2D eigenvalue weighted by molar-refractivity contribution is 7.89. The smallest absolute Gasteiger partial charge is 0.409 e. The van der Waals surface area contributed by atoms with Crippen molar-refractivity contribution in [2.24, 2.45) is 5.92 Å². The molecule has 0 aromatic heterocycles. The lowest BCUT2D eigenvalue weighted by Crippen LogP contribution is -2.51. The number of nitrogens with zero attached hydrogens (tertiary/aromatic N) is 1. The SMILES string of the molecule is CCOC(=O)N1CCC(NS(=O)(=O)c2cccc3c(C(=O)Nc4ccccc4C)cccc23)[C@H](C)C1. The Bertz CT molecular complexity index is 1390. The fourth-order valence-corrected chi connectivity index (χ4v) is 6.18. The van der Waals surface area contributed by atoms with Gasteiger partial charge in [0, 0.05) is 35.8 Å². The van der Waals surface area contributed by atoms with Crippen molar-refractivity contribution in [1.29, 1.82) is 0 Å². The van der Waals surface area contributed by atoms with Gasteiger partial charge in [0.05, 0.1) is 11.5 Å². The number of sulfonamides is 1. The van der Waals surface area contributed by atoms with Gasteiger partial charge in [0.25, 0.3) is 5.91 Å². The maximum atomic E-state index is 13.5. The van der Waals surface area contributed by atoms with Crippen LogP contribution in [0.25, 0.3) is 10.8 Å². The van der Waals surface area contributed by atoms with Gasteiger partial charge in [0.15, 0.2) is 0 Å². The number of fused-ring (bicyclic) bond motifs is 1. The Kier molecular flexibility index (Phi) is 7.61. The molecular weight excluding hydrogens is 478 g/mol. The van der Waals surface area contributed by atoms with Crippen LogP contribution in [-0.2, 0) is 14.8 Å². The average molecular weight is 510 g/mol. The summed E-state index contributed by atoms with van der Waals surface area (Å²) in [7, 11) is -3.89. The van der Waals surface area contributed by atoms with E-state index in [9.17, 15) is 18.0 Å². The Hall–Kier alpha value is -3.43. The van der Waals surface area contributed by atoms with Crippen LogP contribution in [0.5, 0.6) is 0 Å². The molecule has 0 saturated carbocycles. The van der Waals surface area contributed by atoms with Crippen LogP contribution in [0.4, 0.5) is 10.5 Å². The van der Waals surface area contributed by atoms with Crippen molar-refractivity contribution in [2.45, 2.75) is 38.1 Å². The fraction of sp³-hybridized carbons (Fsp3) is 0.333. The highest BCUT2D eigenvalue weighted by Gasteiger charge is 2.33. The number of carbonyl (C=O) groups excluding carboxylic acids is 2. The summed E-state index contributed by atoms with van der Waals surface area (Å²) in [6.07, 6.45) is 0.102. The maximum absolute atomic E-state index is 13.5. The normalized spacial score (nSPS) is 18.1. The lowest BCUT2D eigenvalue weighted by atomic mass is 9.95. The molecule has 190 valence electrons. The fourth-order valence-electron chi connectivity index (χ4n) is 4.58. The Balaban J connectivity index is 1.58. The zero-order valence-electron chi connectivity index (χ0n) is 20.7. The second kappa shape index (κ2) is 10.7. The zero-order valence-corrected chi connectivity index (χ0v) is 21.5. The van der Waals surface area contributed by atoms with Gasteiger partial charge in [-0.2, -0.15) is 0 Å². The van der Waals surface area contributed by atoms with Crippen molar-refractivity contribution in [3.05, 3.63) is 71.8 Å². The molecule has 0 bridgehead atoms. The van der Waals surface area contributed by atoms with Crippen LogP contribution >= 0.6 is 0 Å². The minimum Gasteiger partial charge on any atom is -0.450 e. The minimum atomic E-state index is -3.89. The Labute approximate surface area is 211 Å². The number of para-hydroxylation sites is 1. The molecule has 1 heterocycles. The molecule has 3 aromatic rings. The van der Waals surface area contributed by atoms with Gasteiger partial charge >= 0.3 is 6.09 Å². The van der Waals surface area contributed by atoms with E-state index in [0.29, 0.717) is 48.1 Å². The van der Waals surface area contributed by atoms with Crippen LogP contribution in [-0.4, -0.2) is 51.1 Å². The Morgan fingerprint density at radius 1 is 1.03 bits per heavy atom. The van der Waals surface area contributed by atoms with Crippen LogP contribution in [0, 0.1) is 12.8 Å². The van der Waals surface area contributed by atoms with E-state index < -0.39 is 10.0 Å². The number of hydrogen-bond donors (Lipinski definition) is 2. The number of ether oxygens (including phenoxy) is 1. The number of aryl methyl sites for hydroxylation is 1. The van der Waals surface area contributed by atoms with E-state index >= 15 is 0 Å². The van der Waals surface area contributed by atoms with E-state index in [1.54, 1.807) is 48.2 Å². The van der Waals surface area contributed by atoms with E-state index in [4.69, 9.17) is 4.74 Å². The Morgan fingerprint density at radius 3 is 2.47 bits per heavy atom. The molecule has 0 spiro atoms. The Morgan fingerprint density at radius 2 is 1.75 bits per heavy atom. The van der Waals surface area contributed by atoms with E-state index in [0.717, 1.165) is 5.56 Å². The predicted octanol–water partition coefficient (Wildman–Crippen LogP) is 4.55. The van der Waals surface area contributed by atoms with Crippen molar-refractivity contribution in [2.75, 3.05) is 25.0 Å². The van der Waals surface area contributed by atoms with Crippen molar-refractivity contribution in [3.8, 4) is 0 Å². The first-order valence-corrected chi connectivity index (χ1v) is 13.5. The highest BCUT2D eigenvalue weighted by Crippen LogP contribution is 2.28. The summed E-state index contributed by atoms with van der Waals surface area (Å²) in [5, 5.41) is 3.95. The monoisotopic (exact) mass is 509 g/mol. The number of piperidine rings is 1. The first kappa shape index (κ1) is 25.7. The summed E-state index contributed by atoms with van der Waals surface area (Å²) in [4.78, 5) is 26.9. The quantitative estimate of drug-likeness (QED) is 0.507. The van der Waals surface area contributed by atoms with Crippen LogP contribution in [0.15, 0.2) is 65.6 Å². The minimum absolute atomic E-state index is 0.0941. The second-order valence-electron chi connectivity index (χ2n) is 9.06. The molecular formula is C27H31N3O5S. The molecule has 1 saturated heterocycles. The van der Waals surface area contributed by atoms with Gasteiger partial charge in [-0.25, -0.2) is 17.9 Å². The molecule has 1 fully saturated rings. The number of carbonyl (C=O) groups is 2. The number of anilines is 1. The number of nitrogens with one attached hydrogen (secondary N) is 2. The first-order valence-electron chi connectivity index (χ1n) is 12.0. The summed E-state index contributed by atoms with van der Waals surface area (Å²) in [5.41, 5.74) is 2.03. The molecule has 4 rings (SSSR count). The van der Waals surface area contributed by atoms with Crippen molar-refractivity contribution in [3.63, 3.8) is 0 Å². The molecule has 1 unspecified atom stereocenters. The first-order chi connectivity index (χ1) is 17.2. The summed E-state index contributed by atoms with van der Waals surface area (Å²) >= 11 is 0. The average Bonchev–Trinajstić information content (AvgIpc) is 2.86. The predicted molar refractivity (Wildman–Crippen MR) is 140 cm³/mol. The van der Waals surface area contributed by atoms with Gasteiger partial charge in [0.2, 0.25) is 10.0 Å². The van der Waals surface area contributed by atoms with Gasteiger partial charge in [-0.15, -0.1) is 0 Å². The third-order valence-electron chi connectivity index (χ3n) is 6.55. The zero-order chi connectivity index (χ0) is 25.9. The topological polar surface area (TPSA) is 105 Å². The number of likely N-dealkylation sites (tertiary alicyclic amines) is 1. The molecule has 2 atom stereocenters. The number of amides is 2. The summed E-state index contributed by atoms with van der Waals surface area (Å²) in [5.74, 6) is -0.402. The third kappa shape index (κ3) is 5.37. The van der Waals surface area contributed by atoms with Gasteiger partial charge in [-0.3, -0.25) is 4.79 Å². The standard InChI is InChI=1S/C27H31N3O5S/c1-4-35-27(32)30-16-15-24(19(3)17-30)29-36(33,34)25-14-8-10-20-21(25)11-7-12-22(20)26(31)28-23-13-6-5-9-18(23)2/h5-14,19,24,29H,4,15-17H2,1-3H3,(H,28,31)/t19-,24?/m1/s1. The molecule has 1 aliphatic rings. The summed E-state index contributed by atoms with van der Waals surface area (Å²) in [6, 6.07) is 17.2. The lowest BCUT2D eigenvalue weighted by molar-refractivity contribution is 0.0846. The van der Waals surface area contributed by atoms with E-state index in [1.807, 2.05) is 38.1 Å². The molecule has 0 radical (unpaired) electrons. The molecule has 9 heteroatoms. The van der Waals surface area contributed by atoms with E-state index in [-0.39, 0.29) is 28.9 Å². The number of hydrogen-bond acceptors (Lipinski definition) is 5. The van der Waals surface area contributed by atoms with Crippen molar-refractivity contribution < 1.29 is 22.7 Å². The van der Waals surface area contributed by atoms with Gasteiger partial charge in [-0.05, 0) is 55.3 Å². The van der Waals surface area contributed by atoms with Crippen molar-refractivity contribution >= 4 is 38.5 Å². The largest absolute Gasteiger partial charge is 0.450 e. The summed E-state index contributed by atoms with van der Waals surface area (Å²) < 4.78 is 34.9. The van der Waals surface area contributed by atoms with Gasteiger partial charge in [-0.1, -0.05) is 49.4 Å². The molecule has 3 aromatic carbocycles.